The number of nitrogens with two attached hydrogens (primary N) is 1. The van der Waals surface area contributed by atoms with Crippen molar-refractivity contribution in [2.45, 2.75) is 25.6 Å². The van der Waals surface area contributed by atoms with Gasteiger partial charge in [-0.1, -0.05) is 42.5 Å². The molecule has 3 heteroatoms. The van der Waals surface area contributed by atoms with E-state index in [-0.39, 0.29) is 6.04 Å². The average Bonchev–Trinajstić information content (AvgIpc) is 2.46. The summed E-state index contributed by atoms with van der Waals surface area (Å²) in [5, 5.41) is 12.8. The van der Waals surface area contributed by atoms with Crippen LogP contribution in [0, 0.1) is 0 Å². The van der Waals surface area contributed by atoms with E-state index >= 15 is 0 Å². The van der Waals surface area contributed by atoms with E-state index in [9.17, 15) is 5.11 Å². The van der Waals surface area contributed by atoms with Gasteiger partial charge in [-0.05, 0) is 30.2 Å². The zero-order chi connectivity index (χ0) is 13.7. The molecule has 0 heterocycles. The first-order chi connectivity index (χ1) is 9.16. The highest BCUT2D eigenvalue weighted by molar-refractivity contribution is 5.45. The normalized spacial score (nSPS) is 13.8. The fraction of sp³-hybridized carbons (Fsp3) is 0.250. The Morgan fingerprint density at radius 3 is 2.26 bits per heavy atom. The molecule has 0 amide bonds. The van der Waals surface area contributed by atoms with Crippen molar-refractivity contribution in [3.05, 3.63) is 65.7 Å². The Bertz CT molecular complexity index is 494. The molecule has 0 saturated carbocycles. The van der Waals surface area contributed by atoms with Crippen LogP contribution in [0.1, 0.15) is 24.1 Å². The number of aliphatic hydroxyl groups excluding tert-OH is 1. The lowest BCUT2D eigenvalue weighted by molar-refractivity contribution is 0.164. The summed E-state index contributed by atoms with van der Waals surface area (Å²) in [5.41, 5.74) is 9.12. The van der Waals surface area contributed by atoms with E-state index in [4.69, 9.17) is 5.73 Å². The minimum absolute atomic E-state index is 0.330. The van der Waals surface area contributed by atoms with Crippen molar-refractivity contribution in [1.82, 2.24) is 0 Å². The van der Waals surface area contributed by atoms with Crippen LogP contribution < -0.4 is 11.1 Å². The largest absolute Gasteiger partial charge is 0.391 e. The first-order valence-corrected chi connectivity index (χ1v) is 6.48. The smallest absolute Gasteiger partial charge is 0.0704 e. The van der Waals surface area contributed by atoms with Crippen molar-refractivity contribution in [2.24, 2.45) is 5.73 Å². The highest BCUT2D eigenvalue weighted by atomic mass is 16.3. The molecule has 0 aliphatic carbocycles. The zero-order valence-corrected chi connectivity index (χ0v) is 11.1. The molecule has 0 aromatic heterocycles. The number of hydrogen-bond donors (Lipinski definition) is 3. The third-order valence-corrected chi connectivity index (χ3v) is 3.15. The second kappa shape index (κ2) is 6.36. The van der Waals surface area contributed by atoms with Gasteiger partial charge in [0.1, 0.15) is 0 Å². The van der Waals surface area contributed by atoms with E-state index in [1.807, 2.05) is 42.5 Å². The van der Waals surface area contributed by atoms with Crippen molar-refractivity contribution in [2.75, 3.05) is 5.32 Å². The van der Waals surface area contributed by atoms with Crippen LogP contribution in [0.25, 0.3) is 0 Å². The Kier molecular flexibility index (Phi) is 4.55. The third kappa shape index (κ3) is 3.81. The first-order valence-electron chi connectivity index (χ1n) is 6.48. The summed E-state index contributed by atoms with van der Waals surface area (Å²) in [5.74, 6) is 0. The highest BCUT2D eigenvalue weighted by Crippen LogP contribution is 2.17. The van der Waals surface area contributed by atoms with E-state index in [0.29, 0.717) is 0 Å². The van der Waals surface area contributed by atoms with Crippen LogP contribution in [0.5, 0.6) is 0 Å². The molecule has 2 rings (SSSR count). The van der Waals surface area contributed by atoms with Gasteiger partial charge in [-0.25, -0.2) is 0 Å². The van der Waals surface area contributed by atoms with Crippen molar-refractivity contribution >= 4 is 5.69 Å². The summed E-state index contributed by atoms with van der Waals surface area (Å²) in [6, 6.07) is 17.8. The monoisotopic (exact) mass is 256 g/mol. The van der Waals surface area contributed by atoms with Gasteiger partial charge in [0, 0.05) is 12.2 Å². The van der Waals surface area contributed by atoms with Crippen LogP contribution in [-0.2, 0) is 6.54 Å². The Morgan fingerprint density at radius 2 is 1.68 bits per heavy atom. The fourth-order valence-electron chi connectivity index (χ4n) is 1.90. The molecule has 2 aromatic carbocycles. The highest BCUT2D eigenvalue weighted by Gasteiger charge is 2.11. The lowest BCUT2D eigenvalue weighted by Gasteiger charge is -2.15. The Hall–Kier alpha value is -1.84. The number of nitrogens with one attached hydrogen (secondary N) is 1. The molecule has 2 aromatic rings. The molecule has 0 aliphatic heterocycles. The van der Waals surface area contributed by atoms with Gasteiger partial charge in [0.05, 0.1) is 12.1 Å². The lowest BCUT2D eigenvalue weighted by Crippen LogP contribution is -2.22. The predicted octanol–water partition coefficient (Wildman–Crippen LogP) is 2.68. The van der Waals surface area contributed by atoms with Gasteiger partial charge in [0.2, 0.25) is 0 Å². The van der Waals surface area contributed by atoms with Crippen molar-refractivity contribution in [1.29, 1.82) is 0 Å². The first kappa shape index (κ1) is 13.6. The summed E-state index contributed by atoms with van der Waals surface area (Å²) in [4.78, 5) is 0. The van der Waals surface area contributed by atoms with E-state index in [2.05, 4.69) is 17.4 Å². The molecule has 3 nitrogen and oxygen atoms in total. The topological polar surface area (TPSA) is 58.3 Å². The number of aliphatic hydroxyl groups is 1. The van der Waals surface area contributed by atoms with Crippen molar-refractivity contribution in [3.63, 3.8) is 0 Å². The summed E-state index contributed by atoms with van der Waals surface area (Å²) >= 11 is 0. The lowest BCUT2D eigenvalue weighted by atomic mass is 10.0. The van der Waals surface area contributed by atoms with Crippen LogP contribution in [0.4, 0.5) is 5.69 Å². The van der Waals surface area contributed by atoms with Crippen LogP contribution in [-0.4, -0.2) is 11.2 Å². The maximum atomic E-state index is 9.46. The zero-order valence-electron chi connectivity index (χ0n) is 11.1. The minimum Gasteiger partial charge on any atom is -0.391 e. The molecular weight excluding hydrogens is 236 g/mol. The minimum atomic E-state index is -0.539. The number of rotatable bonds is 5. The summed E-state index contributed by atoms with van der Waals surface area (Å²) < 4.78 is 0. The van der Waals surface area contributed by atoms with E-state index in [0.717, 1.165) is 17.8 Å². The molecule has 100 valence electrons. The second-order valence-electron chi connectivity index (χ2n) is 4.73. The number of anilines is 1. The molecule has 0 bridgehead atoms. The maximum Gasteiger partial charge on any atom is 0.0704 e. The van der Waals surface area contributed by atoms with E-state index in [1.165, 1.54) is 5.56 Å². The van der Waals surface area contributed by atoms with Crippen LogP contribution in [0.2, 0.25) is 0 Å². The molecular formula is C16H20N2O. The van der Waals surface area contributed by atoms with E-state index < -0.39 is 6.10 Å². The van der Waals surface area contributed by atoms with Crippen molar-refractivity contribution < 1.29 is 5.11 Å². The van der Waals surface area contributed by atoms with Gasteiger partial charge in [0.15, 0.2) is 0 Å². The van der Waals surface area contributed by atoms with Gasteiger partial charge in [-0.2, -0.15) is 0 Å². The van der Waals surface area contributed by atoms with Crippen molar-refractivity contribution in [3.8, 4) is 0 Å². The Morgan fingerprint density at radius 1 is 1.05 bits per heavy atom. The van der Waals surface area contributed by atoms with Gasteiger partial charge < -0.3 is 16.2 Å². The molecule has 0 spiro atoms. The summed E-state index contributed by atoms with van der Waals surface area (Å²) in [6.45, 7) is 2.49. The fourth-order valence-corrected chi connectivity index (χ4v) is 1.90. The maximum absolute atomic E-state index is 9.46. The average molecular weight is 256 g/mol. The molecule has 4 N–H and O–H groups in total. The molecule has 19 heavy (non-hydrogen) atoms. The standard InChI is InChI=1S/C16H20N2O/c1-12(19)16(17)14-7-9-15(10-8-14)18-11-13-5-3-2-4-6-13/h2-10,12,16,18-19H,11,17H2,1H3/t12-,16-/m0/s1. The molecule has 2 atom stereocenters. The molecule has 0 radical (unpaired) electrons. The van der Waals surface area contributed by atoms with Gasteiger partial charge in [-0.3, -0.25) is 0 Å². The number of benzene rings is 2. The molecule has 0 unspecified atom stereocenters. The summed E-state index contributed by atoms with van der Waals surface area (Å²) in [7, 11) is 0. The molecule has 0 aliphatic rings. The van der Waals surface area contributed by atoms with E-state index in [1.54, 1.807) is 6.92 Å². The van der Waals surface area contributed by atoms with Gasteiger partial charge in [0.25, 0.3) is 0 Å². The molecule has 0 saturated heterocycles. The van der Waals surface area contributed by atoms with Crippen LogP contribution >= 0.6 is 0 Å². The van der Waals surface area contributed by atoms with Crippen LogP contribution in [0.15, 0.2) is 54.6 Å². The van der Waals surface area contributed by atoms with Crippen LogP contribution in [0.3, 0.4) is 0 Å². The second-order valence-corrected chi connectivity index (χ2v) is 4.73. The summed E-state index contributed by atoms with van der Waals surface area (Å²) in [6.07, 6.45) is -0.539. The van der Waals surface area contributed by atoms with Gasteiger partial charge >= 0.3 is 0 Å². The Balaban J connectivity index is 1.96. The quantitative estimate of drug-likeness (QED) is 0.771. The van der Waals surface area contributed by atoms with Gasteiger partial charge in [-0.15, -0.1) is 0 Å². The Labute approximate surface area is 114 Å². The SMILES string of the molecule is C[C@H](O)[C@H](N)c1ccc(NCc2ccccc2)cc1. The predicted molar refractivity (Wildman–Crippen MR) is 78.8 cm³/mol. The molecule has 0 fully saturated rings. The third-order valence-electron chi connectivity index (χ3n) is 3.15. The number of hydrogen-bond acceptors (Lipinski definition) is 3.